The van der Waals surface area contributed by atoms with Crippen molar-refractivity contribution in [3.05, 3.63) is 76.3 Å². The second kappa shape index (κ2) is 9.55. The Kier molecular flexibility index (Phi) is 6.86. The number of carbonyl (C=O) groups excluding carboxylic acids is 1. The van der Waals surface area contributed by atoms with Crippen LogP contribution in [0, 0.1) is 10.1 Å². The Morgan fingerprint density at radius 2 is 2.07 bits per heavy atom. The van der Waals surface area contributed by atoms with E-state index in [4.69, 9.17) is 11.6 Å². The predicted molar refractivity (Wildman–Crippen MR) is 118 cm³/mol. The highest BCUT2D eigenvalue weighted by atomic mass is 35.5. The molecule has 3 rings (SSSR count). The van der Waals surface area contributed by atoms with Crippen molar-refractivity contribution < 1.29 is 9.72 Å². The number of nitro benzene ring substituents is 1. The number of nitrogens with zero attached hydrogens (tertiary/aromatic N) is 4. The first-order valence-electron chi connectivity index (χ1n) is 8.91. The SMILES string of the molecule is C=CCn1c(SC(C)C(=O)Nc2cc([N+](=O)[O-])ccc2Cl)nnc1-c1ccccc1. The van der Waals surface area contributed by atoms with Crippen LogP contribution in [0.4, 0.5) is 11.4 Å². The third-order valence-corrected chi connectivity index (χ3v) is 5.54. The maximum absolute atomic E-state index is 12.7. The van der Waals surface area contributed by atoms with Crippen LogP contribution < -0.4 is 5.32 Å². The van der Waals surface area contributed by atoms with Crippen LogP contribution in [0.25, 0.3) is 11.4 Å². The molecule has 1 N–H and O–H groups in total. The van der Waals surface area contributed by atoms with Crippen molar-refractivity contribution in [2.75, 3.05) is 5.32 Å². The summed E-state index contributed by atoms with van der Waals surface area (Å²) in [6.45, 7) is 5.96. The standard InChI is InChI=1S/C20H18ClN5O3S/c1-3-11-25-18(14-7-5-4-6-8-14)23-24-20(25)30-13(2)19(27)22-17-12-15(26(28)29)9-10-16(17)21/h3-10,12-13H,1,11H2,2H3,(H,22,27). The number of carbonyl (C=O) groups is 1. The molecule has 10 heteroatoms. The van der Waals surface area contributed by atoms with Gasteiger partial charge < -0.3 is 5.32 Å². The van der Waals surface area contributed by atoms with E-state index in [2.05, 4.69) is 22.1 Å². The van der Waals surface area contributed by atoms with Crippen LogP contribution >= 0.6 is 23.4 Å². The van der Waals surface area contributed by atoms with E-state index in [1.54, 1.807) is 13.0 Å². The van der Waals surface area contributed by atoms with Crippen molar-refractivity contribution in [2.45, 2.75) is 23.9 Å². The van der Waals surface area contributed by atoms with Gasteiger partial charge in [-0.3, -0.25) is 19.5 Å². The number of allylic oxidation sites excluding steroid dienone is 1. The number of nitro groups is 1. The van der Waals surface area contributed by atoms with Gasteiger partial charge in [0.1, 0.15) is 0 Å². The van der Waals surface area contributed by atoms with Gasteiger partial charge >= 0.3 is 0 Å². The van der Waals surface area contributed by atoms with Gasteiger partial charge in [-0.2, -0.15) is 0 Å². The normalized spacial score (nSPS) is 11.7. The first kappa shape index (κ1) is 21.5. The smallest absolute Gasteiger partial charge is 0.271 e. The molecule has 1 atom stereocenters. The summed E-state index contributed by atoms with van der Waals surface area (Å²) in [6, 6.07) is 13.5. The topological polar surface area (TPSA) is 103 Å². The van der Waals surface area contributed by atoms with Gasteiger partial charge in [-0.15, -0.1) is 16.8 Å². The summed E-state index contributed by atoms with van der Waals surface area (Å²) in [6.07, 6.45) is 1.73. The number of hydrogen-bond acceptors (Lipinski definition) is 6. The molecule has 0 aliphatic heterocycles. The van der Waals surface area contributed by atoms with E-state index in [1.165, 1.54) is 30.0 Å². The van der Waals surface area contributed by atoms with Crippen LogP contribution in [0.2, 0.25) is 5.02 Å². The van der Waals surface area contributed by atoms with Crippen molar-refractivity contribution in [1.29, 1.82) is 0 Å². The van der Waals surface area contributed by atoms with E-state index in [0.29, 0.717) is 17.5 Å². The molecule has 154 valence electrons. The number of nitrogens with one attached hydrogen (secondary N) is 1. The Morgan fingerprint density at radius 3 is 2.73 bits per heavy atom. The molecule has 1 unspecified atom stereocenters. The number of non-ortho nitro benzene ring substituents is 1. The summed E-state index contributed by atoms with van der Waals surface area (Å²) in [5.74, 6) is 0.309. The largest absolute Gasteiger partial charge is 0.324 e. The first-order chi connectivity index (χ1) is 14.4. The first-order valence-corrected chi connectivity index (χ1v) is 10.2. The van der Waals surface area contributed by atoms with E-state index < -0.39 is 10.2 Å². The molecule has 30 heavy (non-hydrogen) atoms. The third kappa shape index (κ3) is 4.87. The summed E-state index contributed by atoms with van der Waals surface area (Å²) in [4.78, 5) is 23.1. The van der Waals surface area contributed by atoms with Crippen molar-refractivity contribution in [2.24, 2.45) is 0 Å². The Hall–Kier alpha value is -3.17. The van der Waals surface area contributed by atoms with Crippen molar-refractivity contribution >= 4 is 40.6 Å². The molecule has 0 aliphatic rings. The number of aromatic nitrogens is 3. The molecule has 2 aromatic carbocycles. The second-order valence-corrected chi connectivity index (χ2v) is 7.96. The summed E-state index contributed by atoms with van der Waals surface area (Å²) in [5, 5.41) is 22.3. The average Bonchev–Trinajstić information content (AvgIpc) is 3.12. The fourth-order valence-electron chi connectivity index (χ4n) is 2.64. The number of anilines is 1. The number of amides is 1. The zero-order valence-corrected chi connectivity index (χ0v) is 17.6. The molecule has 1 amide bonds. The lowest BCUT2D eigenvalue weighted by molar-refractivity contribution is -0.384. The fourth-order valence-corrected chi connectivity index (χ4v) is 3.66. The molecular weight excluding hydrogens is 426 g/mol. The molecule has 3 aromatic rings. The number of thioether (sulfide) groups is 1. The van der Waals surface area contributed by atoms with Crippen LogP contribution in [0.5, 0.6) is 0 Å². The quantitative estimate of drug-likeness (QED) is 0.232. The molecule has 0 bridgehead atoms. The third-order valence-electron chi connectivity index (χ3n) is 4.13. The van der Waals surface area contributed by atoms with Crippen molar-refractivity contribution in [3.8, 4) is 11.4 Å². The number of halogens is 1. The Balaban J connectivity index is 1.79. The van der Waals surface area contributed by atoms with Crippen molar-refractivity contribution in [1.82, 2.24) is 14.8 Å². The van der Waals surface area contributed by atoms with Crippen molar-refractivity contribution in [3.63, 3.8) is 0 Å². The highest BCUT2D eigenvalue weighted by molar-refractivity contribution is 8.00. The maximum Gasteiger partial charge on any atom is 0.271 e. The molecule has 0 radical (unpaired) electrons. The highest BCUT2D eigenvalue weighted by Gasteiger charge is 2.22. The van der Waals surface area contributed by atoms with Crippen LogP contribution in [0.3, 0.4) is 0 Å². The lowest BCUT2D eigenvalue weighted by Crippen LogP contribution is -2.23. The van der Waals surface area contributed by atoms with Crippen LogP contribution in [0.15, 0.2) is 66.3 Å². The number of hydrogen-bond donors (Lipinski definition) is 1. The Morgan fingerprint density at radius 1 is 1.33 bits per heavy atom. The van der Waals surface area contributed by atoms with Gasteiger partial charge in [0.2, 0.25) is 5.91 Å². The summed E-state index contributed by atoms with van der Waals surface area (Å²) in [5.41, 5.74) is 0.924. The highest BCUT2D eigenvalue weighted by Crippen LogP contribution is 2.30. The molecule has 0 saturated carbocycles. The molecule has 1 heterocycles. The maximum atomic E-state index is 12.7. The minimum Gasteiger partial charge on any atom is -0.324 e. The van der Waals surface area contributed by atoms with E-state index in [1.807, 2.05) is 34.9 Å². The van der Waals surface area contributed by atoms with E-state index in [0.717, 1.165) is 5.56 Å². The molecular formula is C20H18ClN5O3S. The van der Waals surface area contributed by atoms with Crippen LogP contribution in [-0.4, -0.2) is 30.8 Å². The number of benzene rings is 2. The average molecular weight is 444 g/mol. The zero-order valence-electron chi connectivity index (χ0n) is 16.0. The molecule has 8 nitrogen and oxygen atoms in total. The second-order valence-electron chi connectivity index (χ2n) is 6.24. The van der Waals surface area contributed by atoms with E-state index in [9.17, 15) is 14.9 Å². The number of rotatable bonds is 8. The lowest BCUT2D eigenvalue weighted by Gasteiger charge is -2.13. The van der Waals surface area contributed by atoms with Gasteiger partial charge in [-0.1, -0.05) is 59.8 Å². The van der Waals surface area contributed by atoms with Gasteiger partial charge in [-0.25, -0.2) is 0 Å². The minimum atomic E-state index is -0.559. The van der Waals surface area contributed by atoms with Gasteiger partial charge in [0, 0.05) is 24.2 Å². The lowest BCUT2D eigenvalue weighted by atomic mass is 10.2. The summed E-state index contributed by atoms with van der Waals surface area (Å²) >= 11 is 7.29. The molecule has 0 fully saturated rings. The zero-order chi connectivity index (χ0) is 21.7. The molecule has 0 spiro atoms. The predicted octanol–water partition coefficient (Wildman–Crippen LogP) is 4.81. The summed E-state index contributed by atoms with van der Waals surface area (Å²) < 4.78 is 1.87. The van der Waals surface area contributed by atoms with Gasteiger partial charge in [0.05, 0.1) is 20.9 Å². The molecule has 0 saturated heterocycles. The van der Waals surface area contributed by atoms with Gasteiger partial charge in [-0.05, 0) is 13.0 Å². The molecule has 1 aromatic heterocycles. The van der Waals surface area contributed by atoms with Gasteiger partial charge in [0.25, 0.3) is 5.69 Å². The Bertz CT molecular complexity index is 1090. The van der Waals surface area contributed by atoms with E-state index in [-0.39, 0.29) is 22.3 Å². The van der Waals surface area contributed by atoms with E-state index >= 15 is 0 Å². The fraction of sp³-hybridized carbons (Fsp3) is 0.150. The summed E-state index contributed by atoms with van der Waals surface area (Å²) in [7, 11) is 0. The van der Waals surface area contributed by atoms with Crippen LogP contribution in [0.1, 0.15) is 6.92 Å². The minimum absolute atomic E-state index is 0.159. The monoisotopic (exact) mass is 443 g/mol. The Labute approximate surface area is 182 Å². The van der Waals surface area contributed by atoms with Crippen LogP contribution in [-0.2, 0) is 11.3 Å². The molecule has 0 aliphatic carbocycles. The van der Waals surface area contributed by atoms with Gasteiger partial charge in [0.15, 0.2) is 11.0 Å².